The fourth-order valence-electron chi connectivity index (χ4n) is 2.33. The third-order valence-corrected chi connectivity index (χ3v) is 5.29. The Morgan fingerprint density at radius 2 is 1.93 bits per heavy atom. The highest BCUT2D eigenvalue weighted by Gasteiger charge is 2.15. The molecular weight excluding hydrogens is 398 g/mol. The molecule has 0 saturated heterocycles. The third kappa shape index (κ3) is 4.84. The van der Waals surface area contributed by atoms with Crippen molar-refractivity contribution in [3.63, 3.8) is 0 Å². The zero-order valence-corrected chi connectivity index (χ0v) is 17.2. The molecule has 8 nitrogen and oxygen atoms in total. The number of anilines is 3. The lowest BCUT2D eigenvalue weighted by molar-refractivity contribution is -0.120. The second-order valence-corrected chi connectivity index (χ2v) is 7.53. The van der Waals surface area contributed by atoms with E-state index < -0.39 is 0 Å². The van der Waals surface area contributed by atoms with Gasteiger partial charge in [0, 0.05) is 17.8 Å². The lowest BCUT2D eigenvalue weighted by atomic mass is 10.2. The van der Waals surface area contributed by atoms with Crippen LogP contribution in [0.2, 0.25) is 0 Å². The Morgan fingerprint density at radius 1 is 1.14 bits per heavy atom. The molecule has 3 aromatic rings. The molecule has 0 bridgehead atoms. The van der Waals surface area contributed by atoms with Crippen LogP contribution in [0.4, 0.5) is 16.0 Å². The quantitative estimate of drug-likeness (QED) is 0.545. The number of aromatic nitrogens is 2. The van der Waals surface area contributed by atoms with Crippen molar-refractivity contribution in [1.29, 1.82) is 0 Å². The zero-order chi connectivity index (χ0) is 20.1. The van der Waals surface area contributed by atoms with E-state index in [1.54, 1.807) is 24.9 Å². The molecule has 0 aliphatic rings. The van der Waals surface area contributed by atoms with Crippen molar-refractivity contribution in [3.05, 3.63) is 45.9 Å². The van der Waals surface area contributed by atoms with Crippen LogP contribution in [-0.4, -0.2) is 35.9 Å². The Balaban J connectivity index is 1.66. The van der Waals surface area contributed by atoms with E-state index in [9.17, 15) is 9.59 Å². The fourth-order valence-corrected chi connectivity index (χ4v) is 3.74. The maximum absolute atomic E-state index is 12.4. The predicted octanol–water partition coefficient (Wildman–Crippen LogP) is 3.20. The van der Waals surface area contributed by atoms with Crippen LogP contribution in [0.25, 0.3) is 0 Å². The summed E-state index contributed by atoms with van der Waals surface area (Å²) in [5.74, 6) is 0.199. The number of thiazole rings is 2. The standard InChI is InChI=1S/C18H19N5O3S2/c1-10-4-5-14(26-3)12(6-10)21-18-22-13(9-28-18)16(25)23-17-20-11(8-27-17)7-15(24)19-2/h4-6,8-9H,7H2,1-3H3,(H,19,24)(H,21,22)(H,20,23,25). The minimum atomic E-state index is -0.360. The van der Waals surface area contributed by atoms with E-state index >= 15 is 0 Å². The first-order valence-corrected chi connectivity index (χ1v) is 10.1. The molecule has 2 aromatic heterocycles. The molecule has 2 amide bonds. The lowest BCUT2D eigenvalue weighted by Crippen LogP contribution is -2.20. The number of carbonyl (C=O) groups excluding carboxylic acids is 2. The molecule has 2 heterocycles. The van der Waals surface area contributed by atoms with E-state index in [2.05, 4.69) is 25.9 Å². The third-order valence-electron chi connectivity index (χ3n) is 3.73. The van der Waals surface area contributed by atoms with E-state index in [-0.39, 0.29) is 23.9 Å². The normalized spacial score (nSPS) is 10.4. The Kier molecular flexibility index (Phi) is 6.22. The number of ether oxygens (including phenoxy) is 1. The summed E-state index contributed by atoms with van der Waals surface area (Å²) in [5, 5.41) is 12.8. The molecule has 3 N–H and O–H groups in total. The molecule has 0 atom stereocenters. The molecule has 0 unspecified atom stereocenters. The van der Waals surface area contributed by atoms with Crippen molar-refractivity contribution in [3.8, 4) is 5.75 Å². The van der Waals surface area contributed by atoms with Gasteiger partial charge in [0.1, 0.15) is 11.4 Å². The van der Waals surface area contributed by atoms with Crippen molar-refractivity contribution in [2.75, 3.05) is 24.8 Å². The summed E-state index contributed by atoms with van der Waals surface area (Å²) in [4.78, 5) is 32.4. The van der Waals surface area contributed by atoms with Gasteiger partial charge in [-0.05, 0) is 24.6 Å². The van der Waals surface area contributed by atoms with Gasteiger partial charge in [-0.25, -0.2) is 9.97 Å². The molecule has 0 aliphatic carbocycles. The molecular formula is C18H19N5O3S2. The molecule has 0 aliphatic heterocycles. The van der Waals surface area contributed by atoms with Crippen LogP contribution in [0.1, 0.15) is 21.7 Å². The van der Waals surface area contributed by atoms with Gasteiger partial charge in [-0.15, -0.1) is 22.7 Å². The maximum atomic E-state index is 12.4. The summed E-state index contributed by atoms with van der Waals surface area (Å²) in [7, 11) is 3.17. The summed E-state index contributed by atoms with van der Waals surface area (Å²) in [6.07, 6.45) is 0.173. The average Bonchev–Trinajstić information content (AvgIpc) is 3.31. The van der Waals surface area contributed by atoms with E-state index in [0.29, 0.717) is 21.7 Å². The maximum Gasteiger partial charge on any atom is 0.276 e. The molecule has 10 heteroatoms. The number of nitrogens with one attached hydrogen (secondary N) is 3. The SMILES string of the molecule is CNC(=O)Cc1csc(NC(=O)c2csc(Nc3cc(C)ccc3OC)n2)n1. The lowest BCUT2D eigenvalue weighted by Gasteiger charge is -2.09. The second-order valence-electron chi connectivity index (χ2n) is 5.81. The summed E-state index contributed by atoms with van der Waals surface area (Å²) in [6.45, 7) is 1.98. The van der Waals surface area contributed by atoms with Crippen LogP contribution in [0.3, 0.4) is 0 Å². The van der Waals surface area contributed by atoms with Gasteiger partial charge in [-0.1, -0.05) is 6.07 Å². The number of rotatable bonds is 7. The van der Waals surface area contributed by atoms with Gasteiger partial charge in [0.15, 0.2) is 10.3 Å². The molecule has 146 valence electrons. The van der Waals surface area contributed by atoms with Gasteiger partial charge < -0.3 is 15.4 Å². The van der Waals surface area contributed by atoms with Gasteiger partial charge in [0.05, 0.1) is 24.9 Å². The van der Waals surface area contributed by atoms with Crippen LogP contribution in [-0.2, 0) is 11.2 Å². The monoisotopic (exact) mass is 417 g/mol. The average molecular weight is 418 g/mol. The molecule has 3 rings (SSSR count). The van der Waals surface area contributed by atoms with E-state index in [0.717, 1.165) is 11.3 Å². The van der Waals surface area contributed by atoms with Gasteiger partial charge in [0.2, 0.25) is 5.91 Å². The van der Waals surface area contributed by atoms with Crippen molar-refractivity contribution in [1.82, 2.24) is 15.3 Å². The van der Waals surface area contributed by atoms with E-state index in [1.807, 2.05) is 25.1 Å². The Labute approximate surface area is 170 Å². The Bertz CT molecular complexity index is 999. The number of aryl methyl sites for hydroxylation is 1. The first kappa shape index (κ1) is 19.8. The molecule has 0 radical (unpaired) electrons. The minimum Gasteiger partial charge on any atom is -0.495 e. The number of carbonyl (C=O) groups is 2. The first-order chi connectivity index (χ1) is 13.5. The van der Waals surface area contributed by atoms with Crippen LogP contribution in [0.15, 0.2) is 29.0 Å². The number of hydrogen-bond acceptors (Lipinski definition) is 8. The Morgan fingerprint density at radius 3 is 2.68 bits per heavy atom. The van der Waals surface area contributed by atoms with Crippen molar-refractivity contribution < 1.29 is 14.3 Å². The fraction of sp³-hybridized carbons (Fsp3) is 0.222. The highest BCUT2D eigenvalue weighted by Crippen LogP contribution is 2.30. The van der Waals surface area contributed by atoms with Gasteiger partial charge in [0.25, 0.3) is 5.91 Å². The molecule has 0 fully saturated rings. The van der Waals surface area contributed by atoms with Crippen LogP contribution in [0.5, 0.6) is 5.75 Å². The van der Waals surface area contributed by atoms with Crippen molar-refractivity contribution >= 4 is 50.4 Å². The van der Waals surface area contributed by atoms with E-state index in [4.69, 9.17) is 4.74 Å². The summed E-state index contributed by atoms with van der Waals surface area (Å²) in [6, 6.07) is 5.78. The van der Waals surface area contributed by atoms with Gasteiger partial charge in [-0.3, -0.25) is 14.9 Å². The van der Waals surface area contributed by atoms with Gasteiger partial charge in [-0.2, -0.15) is 0 Å². The summed E-state index contributed by atoms with van der Waals surface area (Å²) in [5.41, 5.74) is 2.74. The van der Waals surface area contributed by atoms with Gasteiger partial charge >= 0.3 is 0 Å². The van der Waals surface area contributed by atoms with Crippen LogP contribution < -0.4 is 20.7 Å². The van der Waals surface area contributed by atoms with Crippen LogP contribution >= 0.6 is 22.7 Å². The number of likely N-dealkylation sites (N-methyl/N-ethyl adjacent to an activating group) is 1. The summed E-state index contributed by atoms with van der Waals surface area (Å²) >= 11 is 2.58. The van der Waals surface area contributed by atoms with Crippen molar-refractivity contribution in [2.45, 2.75) is 13.3 Å². The minimum absolute atomic E-state index is 0.134. The first-order valence-electron chi connectivity index (χ1n) is 8.32. The number of benzene rings is 1. The van der Waals surface area contributed by atoms with Crippen molar-refractivity contribution in [2.24, 2.45) is 0 Å². The number of nitrogens with zero attached hydrogens (tertiary/aromatic N) is 2. The second kappa shape index (κ2) is 8.81. The number of methoxy groups -OCH3 is 1. The molecule has 0 saturated carbocycles. The molecule has 1 aromatic carbocycles. The highest BCUT2D eigenvalue weighted by atomic mass is 32.1. The largest absolute Gasteiger partial charge is 0.495 e. The zero-order valence-electron chi connectivity index (χ0n) is 15.5. The molecule has 28 heavy (non-hydrogen) atoms. The Hall–Kier alpha value is -2.98. The number of amides is 2. The van der Waals surface area contributed by atoms with E-state index in [1.165, 1.54) is 22.7 Å². The predicted molar refractivity (Wildman–Crippen MR) is 111 cm³/mol. The van der Waals surface area contributed by atoms with Crippen LogP contribution in [0, 0.1) is 6.92 Å². The summed E-state index contributed by atoms with van der Waals surface area (Å²) < 4.78 is 5.34. The number of hydrogen-bond donors (Lipinski definition) is 3. The topological polar surface area (TPSA) is 105 Å². The smallest absolute Gasteiger partial charge is 0.276 e. The highest BCUT2D eigenvalue weighted by molar-refractivity contribution is 7.14. The molecule has 0 spiro atoms.